The van der Waals surface area contributed by atoms with E-state index < -0.39 is 0 Å². The van der Waals surface area contributed by atoms with Crippen molar-refractivity contribution in [3.8, 4) is 12.3 Å². The van der Waals surface area contributed by atoms with Gasteiger partial charge >= 0.3 is 0 Å². The van der Waals surface area contributed by atoms with Crippen molar-refractivity contribution in [1.82, 2.24) is 9.97 Å². The zero-order valence-electron chi connectivity index (χ0n) is 10.1. The van der Waals surface area contributed by atoms with Gasteiger partial charge in [0, 0.05) is 23.9 Å². The highest BCUT2D eigenvalue weighted by Gasteiger charge is 2.28. The van der Waals surface area contributed by atoms with E-state index in [1.807, 2.05) is 13.8 Å². The lowest BCUT2D eigenvalue weighted by Crippen LogP contribution is -2.17. The summed E-state index contributed by atoms with van der Waals surface area (Å²) >= 11 is 6.12. The number of aromatic nitrogens is 2. The topological polar surface area (TPSA) is 37.8 Å². The van der Waals surface area contributed by atoms with Crippen LogP contribution in [0.2, 0.25) is 5.15 Å². The van der Waals surface area contributed by atoms with E-state index >= 15 is 0 Å². The Balaban J connectivity index is 2.22. The van der Waals surface area contributed by atoms with Gasteiger partial charge in [0.25, 0.3) is 0 Å². The Labute approximate surface area is 107 Å². The molecular weight excluding hydrogens is 234 g/mol. The second kappa shape index (κ2) is 4.93. The highest BCUT2D eigenvalue weighted by atomic mass is 35.5. The van der Waals surface area contributed by atoms with Crippen LogP contribution in [0.4, 0.5) is 5.82 Å². The largest absolute Gasteiger partial charge is 0.366 e. The van der Waals surface area contributed by atoms with Gasteiger partial charge in [-0.3, -0.25) is 0 Å². The summed E-state index contributed by atoms with van der Waals surface area (Å²) in [7, 11) is 0. The SMILES string of the molecule is C#CCC(C)Nc1nc(C2CC2)nc(Cl)c1C. The molecule has 1 saturated carbocycles. The van der Waals surface area contributed by atoms with Crippen LogP contribution in [-0.2, 0) is 0 Å². The number of anilines is 1. The third-order valence-electron chi connectivity index (χ3n) is 2.85. The number of terminal acetylenes is 1. The van der Waals surface area contributed by atoms with Crippen molar-refractivity contribution in [1.29, 1.82) is 0 Å². The van der Waals surface area contributed by atoms with Crippen LogP contribution >= 0.6 is 11.6 Å². The lowest BCUT2D eigenvalue weighted by atomic mass is 10.2. The number of hydrogen-bond donors (Lipinski definition) is 1. The first kappa shape index (κ1) is 12.2. The minimum atomic E-state index is 0.191. The van der Waals surface area contributed by atoms with Gasteiger partial charge in [-0.1, -0.05) is 11.6 Å². The van der Waals surface area contributed by atoms with Gasteiger partial charge in [-0.05, 0) is 26.7 Å². The normalized spacial score (nSPS) is 16.4. The second-order valence-electron chi connectivity index (χ2n) is 4.57. The van der Waals surface area contributed by atoms with Crippen molar-refractivity contribution in [2.24, 2.45) is 0 Å². The number of rotatable bonds is 4. The molecule has 1 unspecified atom stereocenters. The van der Waals surface area contributed by atoms with E-state index in [9.17, 15) is 0 Å². The predicted octanol–water partition coefficient (Wildman–Crippen LogP) is 3.14. The van der Waals surface area contributed by atoms with Crippen LogP contribution in [0.15, 0.2) is 0 Å². The molecule has 4 heteroatoms. The highest BCUT2D eigenvalue weighted by molar-refractivity contribution is 6.30. The zero-order valence-corrected chi connectivity index (χ0v) is 10.9. The molecule has 3 nitrogen and oxygen atoms in total. The molecule has 1 aromatic rings. The molecule has 2 rings (SSSR count). The molecule has 90 valence electrons. The van der Waals surface area contributed by atoms with Crippen LogP contribution in [0.5, 0.6) is 0 Å². The molecule has 0 radical (unpaired) electrons. The number of hydrogen-bond acceptors (Lipinski definition) is 3. The molecule has 0 aliphatic heterocycles. The van der Waals surface area contributed by atoms with E-state index in [0.29, 0.717) is 17.5 Å². The molecule has 1 atom stereocenters. The van der Waals surface area contributed by atoms with Gasteiger partial charge in [0.1, 0.15) is 16.8 Å². The van der Waals surface area contributed by atoms with Gasteiger partial charge < -0.3 is 5.32 Å². The summed E-state index contributed by atoms with van der Waals surface area (Å²) in [4.78, 5) is 8.86. The fourth-order valence-electron chi connectivity index (χ4n) is 1.63. The monoisotopic (exact) mass is 249 g/mol. The quantitative estimate of drug-likeness (QED) is 0.658. The Morgan fingerprint density at radius 1 is 1.53 bits per heavy atom. The van der Waals surface area contributed by atoms with Crippen molar-refractivity contribution in [3.63, 3.8) is 0 Å². The standard InChI is InChI=1S/C13H16ClN3/c1-4-5-8(2)15-12-9(3)11(14)16-13(17-12)10-6-7-10/h1,8,10H,5-7H2,2-3H3,(H,15,16,17). The maximum Gasteiger partial charge on any atom is 0.137 e. The van der Waals surface area contributed by atoms with E-state index in [0.717, 1.165) is 17.2 Å². The third-order valence-corrected chi connectivity index (χ3v) is 3.22. The fraction of sp³-hybridized carbons (Fsp3) is 0.538. The van der Waals surface area contributed by atoms with Crippen molar-refractivity contribution in [2.75, 3.05) is 5.32 Å². The first-order valence-electron chi connectivity index (χ1n) is 5.86. The van der Waals surface area contributed by atoms with Gasteiger partial charge in [0.15, 0.2) is 0 Å². The Bertz CT molecular complexity index is 460. The Morgan fingerprint density at radius 3 is 2.82 bits per heavy atom. The maximum absolute atomic E-state index is 6.12. The smallest absolute Gasteiger partial charge is 0.137 e. The van der Waals surface area contributed by atoms with Crippen molar-refractivity contribution in [3.05, 3.63) is 16.5 Å². The minimum Gasteiger partial charge on any atom is -0.366 e. The first-order valence-corrected chi connectivity index (χ1v) is 6.23. The molecule has 0 aromatic carbocycles. The summed E-state index contributed by atoms with van der Waals surface area (Å²) < 4.78 is 0. The van der Waals surface area contributed by atoms with Crippen molar-refractivity contribution >= 4 is 17.4 Å². The molecule has 1 aliphatic carbocycles. The summed E-state index contributed by atoms with van der Waals surface area (Å²) in [5.74, 6) is 4.80. The van der Waals surface area contributed by atoms with Crippen LogP contribution in [0.3, 0.4) is 0 Å². The van der Waals surface area contributed by atoms with Crippen molar-refractivity contribution in [2.45, 2.75) is 45.1 Å². The summed E-state index contributed by atoms with van der Waals surface area (Å²) in [6, 6.07) is 0.191. The van der Waals surface area contributed by atoms with Gasteiger partial charge in [0.05, 0.1) is 0 Å². The summed E-state index contributed by atoms with van der Waals surface area (Å²) in [5, 5.41) is 3.84. The van der Waals surface area contributed by atoms with E-state index in [2.05, 4.69) is 21.2 Å². The summed E-state index contributed by atoms with van der Waals surface area (Å²) in [6.45, 7) is 3.95. The fourth-order valence-corrected chi connectivity index (χ4v) is 1.81. The van der Waals surface area contributed by atoms with Crippen LogP contribution in [0, 0.1) is 19.3 Å². The average molecular weight is 250 g/mol. The van der Waals surface area contributed by atoms with Crippen LogP contribution in [-0.4, -0.2) is 16.0 Å². The summed E-state index contributed by atoms with van der Waals surface area (Å²) in [5.41, 5.74) is 0.889. The Morgan fingerprint density at radius 2 is 2.24 bits per heavy atom. The average Bonchev–Trinajstić information content (AvgIpc) is 3.08. The highest BCUT2D eigenvalue weighted by Crippen LogP contribution is 2.39. The van der Waals surface area contributed by atoms with Crippen molar-refractivity contribution < 1.29 is 0 Å². The number of nitrogens with zero attached hydrogens (tertiary/aromatic N) is 2. The summed E-state index contributed by atoms with van der Waals surface area (Å²) in [6.07, 6.45) is 8.29. The molecule has 0 saturated heterocycles. The molecule has 1 fully saturated rings. The van der Waals surface area contributed by atoms with Gasteiger partial charge in [-0.2, -0.15) is 0 Å². The van der Waals surface area contributed by atoms with Gasteiger partial charge in [0.2, 0.25) is 0 Å². The first-order chi connectivity index (χ1) is 8.11. The molecule has 1 N–H and O–H groups in total. The molecule has 0 spiro atoms. The Hall–Kier alpha value is -1.27. The maximum atomic E-state index is 6.12. The number of nitrogens with one attached hydrogen (secondary N) is 1. The predicted molar refractivity (Wildman–Crippen MR) is 70.3 cm³/mol. The lowest BCUT2D eigenvalue weighted by molar-refractivity contribution is 0.808. The number of halogens is 1. The van der Waals surface area contributed by atoms with Gasteiger partial charge in [-0.25, -0.2) is 9.97 Å². The molecule has 0 bridgehead atoms. The van der Waals surface area contributed by atoms with E-state index in [1.165, 1.54) is 12.8 Å². The zero-order chi connectivity index (χ0) is 12.4. The molecule has 17 heavy (non-hydrogen) atoms. The molecule has 1 heterocycles. The molecular formula is C13H16ClN3. The van der Waals surface area contributed by atoms with E-state index in [-0.39, 0.29) is 6.04 Å². The van der Waals surface area contributed by atoms with Crippen LogP contribution in [0.25, 0.3) is 0 Å². The Kier molecular flexibility index (Phi) is 3.54. The van der Waals surface area contributed by atoms with Gasteiger partial charge in [-0.15, -0.1) is 12.3 Å². The van der Waals surface area contributed by atoms with E-state index in [4.69, 9.17) is 18.0 Å². The second-order valence-corrected chi connectivity index (χ2v) is 4.93. The molecule has 1 aromatic heterocycles. The van der Waals surface area contributed by atoms with Crippen LogP contribution < -0.4 is 5.32 Å². The lowest BCUT2D eigenvalue weighted by Gasteiger charge is -2.15. The molecule has 1 aliphatic rings. The van der Waals surface area contributed by atoms with Crippen LogP contribution in [0.1, 0.15) is 43.5 Å². The molecule has 0 amide bonds. The minimum absolute atomic E-state index is 0.191. The third kappa shape index (κ3) is 2.89. The van der Waals surface area contributed by atoms with E-state index in [1.54, 1.807) is 0 Å².